The number of benzene rings is 1. The second-order valence-electron chi connectivity index (χ2n) is 5.41. The highest BCUT2D eigenvalue weighted by Crippen LogP contribution is 2.20. The van der Waals surface area contributed by atoms with Gasteiger partial charge in [0.2, 0.25) is 0 Å². The summed E-state index contributed by atoms with van der Waals surface area (Å²) in [7, 11) is 1.68. The predicted octanol–water partition coefficient (Wildman–Crippen LogP) is 4.06. The van der Waals surface area contributed by atoms with Gasteiger partial charge in [-0.25, -0.2) is 8.78 Å². The van der Waals surface area contributed by atoms with Crippen molar-refractivity contribution in [2.75, 3.05) is 13.6 Å². The van der Waals surface area contributed by atoms with Crippen molar-refractivity contribution in [2.45, 2.75) is 25.8 Å². The predicted molar refractivity (Wildman–Crippen MR) is 92.0 cm³/mol. The average molecular weight is 337 g/mol. The molecule has 2 N–H and O–H groups in total. The maximum absolute atomic E-state index is 13.3. The number of thiophene rings is 1. The van der Waals surface area contributed by atoms with Crippen molar-refractivity contribution in [2.24, 2.45) is 4.99 Å². The Balaban J connectivity index is 1.92. The summed E-state index contributed by atoms with van der Waals surface area (Å²) < 4.78 is 26.3. The summed E-state index contributed by atoms with van der Waals surface area (Å²) in [5.41, 5.74) is 0.665. The van der Waals surface area contributed by atoms with Crippen LogP contribution in [0.15, 0.2) is 40.7 Å². The third kappa shape index (κ3) is 4.76. The summed E-state index contributed by atoms with van der Waals surface area (Å²) in [5, 5.41) is 8.50. The smallest absolute Gasteiger partial charge is 0.191 e. The fourth-order valence-electron chi connectivity index (χ4n) is 2.19. The van der Waals surface area contributed by atoms with E-state index in [0.717, 1.165) is 12.6 Å². The Morgan fingerprint density at radius 1 is 1.22 bits per heavy atom. The zero-order chi connectivity index (χ0) is 16.8. The van der Waals surface area contributed by atoms with Crippen molar-refractivity contribution >= 4 is 17.3 Å². The monoisotopic (exact) mass is 337 g/mol. The fraction of sp³-hybridized carbons (Fsp3) is 0.353. The molecule has 0 aliphatic rings. The van der Waals surface area contributed by atoms with Crippen molar-refractivity contribution in [3.05, 3.63) is 57.8 Å². The Kier molecular flexibility index (Phi) is 6.10. The van der Waals surface area contributed by atoms with Crippen LogP contribution < -0.4 is 10.6 Å². The van der Waals surface area contributed by atoms with E-state index in [1.165, 1.54) is 10.9 Å². The van der Waals surface area contributed by atoms with Crippen LogP contribution in [0.3, 0.4) is 0 Å². The molecular formula is C17H21F2N3S. The molecule has 0 saturated heterocycles. The number of rotatable bonds is 5. The van der Waals surface area contributed by atoms with Gasteiger partial charge in [-0.1, -0.05) is 19.1 Å². The van der Waals surface area contributed by atoms with E-state index in [0.29, 0.717) is 17.4 Å². The van der Waals surface area contributed by atoms with E-state index in [1.807, 2.05) is 13.0 Å². The zero-order valence-electron chi connectivity index (χ0n) is 13.4. The molecule has 0 amide bonds. The normalized spacial score (nSPS) is 14.4. The van der Waals surface area contributed by atoms with Crippen molar-refractivity contribution in [1.29, 1.82) is 0 Å². The molecule has 3 nitrogen and oxygen atoms in total. The van der Waals surface area contributed by atoms with Crippen LogP contribution in [-0.4, -0.2) is 19.6 Å². The molecule has 2 rings (SSSR count). The van der Waals surface area contributed by atoms with Crippen molar-refractivity contribution in [3.63, 3.8) is 0 Å². The molecule has 124 valence electrons. The SMILES string of the molecule is CN=C(NCC(C)c1cccs1)NC(C)c1ccc(F)c(F)c1. The van der Waals surface area contributed by atoms with Gasteiger partial charge in [0.15, 0.2) is 17.6 Å². The van der Waals surface area contributed by atoms with Gasteiger partial charge >= 0.3 is 0 Å². The molecule has 0 aliphatic carbocycles. The van der Waals surface area contributed by atoms with Gasteiger partial charge in [0.1, 0.15) is 0 Å². The first-order valence-electron chi connectivity index (χ1n) is 7.46. The molecule has 1 heterocycles. The molecular weight excluding hydrogens is 316 g/mol. The summed E-state index contributed by atoms with van der Waals surface area (Å²) in [6.07, 6.45) is 0. The van der Waals surface area contributed by atoms with Crippen LogP contribution >= 0.6 is 11.3 Å². The summed E-state index contributed by atoms with van der Waals surface area (Å²) in [4.78, 5) is 5.48. The highest BCUT2D eigenvalue weighted by Gasteiger charge is 2.12. The Labute approximate surface area is 139 Å². The minimum Gasteiger partial charge on any atom is -0.356 e. The lowest BCUT2D eigenvalue weighted by Crippen LogP contribution is -2.40. The van der Waals surface area contributed by atoms with Gasteiger partial charge < -0.3 is 10.6 Å². The maximum Gasteiger partial charge on any atom is 0.191 e. The third-order valence-electron chi connectivity index (χ3n) is 3.63. The lowest BCUT2D eigenvalue weighted by molar-refractivity contribution is 0.504. The molecule has 0 bridgehead atoms. The minimum atomic E-state index is -0.842. The van der Waals surface area contributed by atoms with Gasteiger partial charge in [-0.2, -0.15) is 0 Å². The largest absolute Gasteiger partial charge is 0.356 e. The second-order valence-corrected chi connectivity index (χ2v) is 6.39. The topological polar surface area (TPSA) is 36.4 Å². The summed E-state index contributed by atoms with van der Waals surface area (Å²) in [5.74, 6) is -0.684. The fourth-order valence-corrected chi connectivity index (χ4v) is 2.97. The van der Waals surface area contributed by atoms with Gasteiger partial charge in [-0.15, -0.1) is 11.3 Å². The Hall–Kier alpha value is -1.95. The van der Waals surface area contributed by atoms with Crippen molar-refractivity contribution in [1.82, 2.24) is 10.6 Å². The standard InChI is InChI=1S/C17H21F2N3S/c1-11(16-5-4-8-23-16)10-21-17(20-3)22-12(2)13-6-7-14(18)15(19)9-13/h4-9,11-12H,10H2,1-3H3,(H2,20,21,22). The maximum atomic E-state index is 13.3. The number of nitrogens with one attached hydrogen (secondary N) is 2. The first-order chi connectivity index (χ1) is 11.0. The molecule has 2 atom stereocenters. The average Bonchev–Trinajstić information content (AvgIpc) is 3.08. The van der Waals surface area contributed by atoms with Gasteiger partial charge in [0.25, 0.3) is 0 Å². The number of hydrogen-bond donors (Lipinski definition) is 2. The molecule has 2 unspecified atom stereocenters. The van der Waals surface area contributed by atoms with Crippen LogP contribution in [0.25, 0.3) is 0 Å². The molecule has 0 radical (unpaired) electrons. The van der Waals surface area contributed by atoms with E-state index in [-0.39, 0.29) is 6.04 Å². The van der Waals surface area contributed by atoms with Gasteiger partial charge in [-0.3, -0.25) is 4.99 Å². The quantitative estimate of drug-likeness (QED) is 0.638. The van der Waals surface area contributed by atoms with E-state index in [2.05, 4.69) is 34.0 Å². The van der Waals surface area contributed by atoms with Gasteiger partial charge in [-0.05, 0) is 36.1 Å². The van der Waals surface area contributed by atoms with E-state index in [1.54, 1.807) is 24.5 Å². The first-order valence-corrected chi connectivity index (χ1v) is 8.34. The first kappa shape index (κ1) is 17.4. The molecule has 2 aromatic rings. The lowest BCUT2D eigenvalue weighted by Gasteiger charge is -2.20. The van der Waals surface area contributed by atoms with Gasteiger partial charge in [0, 0.05) is 24.4 Å². The number of guanidine groups is 1. The summed E-state index contributed by atoms with van der Waals surface area (Å²) in [6.45, 7) is 4.76. The molecule has 1 aromatic heterocycles. The molecule has 0 aliphatic heterocycles. The molecule has 1 aromatic carbocycles. The number of aliphatic imine (C=N–C) groups is 1. The number of hydrogen-bond acceptors (Lipinski definition) is 2. The van der Waals surface area contributed by atoms with Crippen LogP contribution in [0.4, 0.5) is 8.78 Å². The summed E-state index contributed by atoms with van der Waals surface area (Å²) >= 11 is 1.73. The highest BCUT2D eigenvalue weighted by molar-refractivity contribution is 7.10. The molecule has 0 spiro atoms. The zero-order valence-corrected chi connectivity index (χ0v) is 14.3. The van der Waals surface area contributed by atoms with E-state index < -0.39 is 11.6 Å². The summed E-state index contributed by atoms with van der Waals surface area (Å²) in [6, 6.07) is 7.86. The van der Waals surface area contributed by atoms with Gasteiger partial charge in [0.05, 0.1) is 6.04 Å². The van der Waals surface area contributed by atoms with Crippen LogP contribution in [0.5, 0.6) is 0 Å². The Bertz CT molecular complexity index is 656. The van der Waals surface area contributed by atoms with E-state index in [9.17, 15) is 8.78 Å². The molecule has 0 fully saturated rings. The third-order valence-corrected chi connectivity index (χ3v) is 4.73. The van der Waals surface area contributed by atoms with Crippen molar-refractivity contribution < 1.29 is 8.78 Å². The van der Waals surface area contributed by atoms with Crippen LogP contribution in [-0.2, 0) is 0 Å². The molecule has 0 saturated carbocycles. The Morgan fingerprint density at radius 2 is 2.00 bits per heavy atom. The number of halogens is 2. The lowest BCUT2D eigenvalue weighted by atomic mass is 10.1. The van der Waals surface area contributed by atoms with Crippen LogP contribution in [0, 0.1) is 11.6 Å². The van der Waals surface area contributed by atoms with Crippen LogP contribution in [0.1, 0.15) is 36.2 Å². The second kappa shape index (κ2) is 8.06. The highest BCUT2D eigenvalue weighted by atomic mass is 32.1. The van der Waals surface area contributed by atoms with E-state index >= 15 is 0 Å². The molecule has 6 heteroatoms. The minimum absolute atomic E-state index is 0.187. The van der Waals surface area contributed by atoms with Crippen molar-refractivity contribution in [3.8, 4) is 0 Å². The Morgan fingerprint density at radius 3 is 2.61 bits per heavy atom. The number of nitrogens with zero attached hydrogens (tertiary/aromatic N) is 1. The molecule has 23 heavy (non-hydrogen) atoms. The van der Waals surface area contributed by atoms with E-state index in [4.69, 9.17) is 0 Å². The van der Waals surface area contributed by atoms with Crippen LogP contribution in [0.2, 0.25) is 0 Å².